The number of rotatable bonds is 7. The predicted molar refractivity (Wildman–Crippen MR) is 58.6 cm³/mol. The van der Waals surface area contributed by atoms with Crippen LogP contribution in [0.1, 0.15) is 39.5 Å². The molecule has 0 N–H and O–H groups in total. The highest BCUT2D eigenvalue weighted by Crippen LogP contribution is 2.35. The van der Waals surface area contributed by atoms with E-state index in [0.29, 0.717) is 0 Å². The van der Waals surface area contributed by atoms with Gasteiger partial charge in [0.25, 0.3) is 0 Å². The lowest BCUT2D eigenvalue weighted by Gasteiger charge is -2.13. The van der Waals surface area contributed by atoms with Crippen molar-refractivity contribution in [2.45, 2.75) is 57.2 Å². The predicted octanol–water partition coefficient (Wildman–Crippen LogP) is 2.48. The summed E-state index contributed by atoms with van der Waals surface area (Å²) in [6, 6.07) is 2.77. The molecule has 1 rings (SSSR count). The van der Waals surface area contributed by atoms with Crippen molar-refractivity contribution in [3.05, 3.63) is 0 Å². The van der Waals surface area contributed by atoms with Gasteiger partial charge in [0.2, 0.25) is 0 Å². The van der Waals surface area contributed by atoms with Crippen LogP contribution >= 0.6 is 0 Å². The monoisotopic (exact) mass is 201 g/mol. The van der Waals surface area contributed by atoms with Crippen LogP contribution in [0.4, 0.5) is 0 Å². The van der Waals surface area contributed by atoms with Crippen LogP contribution in [0.2, 0.25) is 17.6 Å². The second-order valence-electron chi connectivity index (χ2n) is 3.79. The quantitative estimate of drug-likeness (QED) is 0.575. The SMILES string of the molecule is CCC[Si](CCC)O[SiH2]C1CC1. The van der Waals surface area contributed by atoms with Crippen LogP contribution < -0.4 is 0 Å². The Bertz CT molecular complexity index is 109. The Morgan fingerprint density at radius 2 is 1.83 bits per heavy atom. The minimum Gasteiger partial charge on any atom is -0.460 e. The van der Waals surface area contributed by atoms with Crippen molar-refractivity contribution in [3.8, 4) is 0 Å². The molecule has 0 saturated heterocycles. The molecule has 1 saturated carbocycles. The maximum absolute atomic E-state index is 6.09. The van der Waals surface area contributed by atoms with Gasteiger partial charge in [-0.1, -0.05) is 39.5 Å². The fourth-order valence-electron chi connectivity index (χ4n) is 1.35. The summed E-state index contributed by atoms with van der Waals surface area (Å²) >= 11 is 0. The Labute approximate surface area is 80.6 Å². The standard InChI is InChI=1S/C9H21OSi2/c1-3-7-12(8-4-2)10-11-9-5-6-9/h9H,3-8,11H2,1-2H3. The Morgan fingerprint density at radius 1 is 1.25 bits per heavy atom. The van der Waals surface area contributed by atoms with Gasteiger partial charge in [0.1, 0.15) is 9.76 Å². The van der Waals surface area contributed by atoms with Gasteiger partial charge in [0.05, 0.1) is 0 Å². The minimum absolute atomic E-state index is 0.0856. The van der Waals surface area contributed by atoms with Gasteiger partial charge in [0.15, 0.2) is 9.04 Å². The zero-order valence-corrected chi connectivity index (χ0v) is 10.8. The molecule has 0 atom stereocenters. The van der Waals surface area contributed by atoms with E-state index in [2.05, 4.69) is 13.8 Å². The molecule has 0 amide bonds. The Hall–Kier alpha value is 0.394. The summed E-state index contributed by atoms with van der Waals surface area (Å²) in [5.41, 5.74) is 1.08. The molecule has 0 aromatic rings. The van der Waals surface area contributed by atoms with Crippen molar-refractivity contribution >= 4 is 18.8 Å². The maximum atomic E-state index is 6.09. The van der Waals surface area contributed by atoms with Gasteiger partial charge in [-0.05, 0) is 17.6 Å². The number of hydrogen-bond acceptors (Lipinski definition) is 1. The Morgan fingerprint density at radius 3 is 2.25 bits per heavy atom. The molecule has 3 heteroatoms. The first-order valence-corrected chi connectivity index (χ1v) is 8.56. The zero-order chi connectivity index (χ0) is 8.81. The fraction of sp³-hybridized carbons (Fsp3) is 1.00. The van der Waals surface area contributed by atoms with E-state index in [9.17, 15) is 0 Å². The molecule has 1 nitrogen and oxygen atoms in total. The molecule has 1 fully saturated rings. The smallest absolute Gasteiger partial charge is 0.197 e. The van der Waals surface area contributed by atoms with Crippen LogP contribution in [-0.2, 0) is 4.12 Å². The largest absolute Gasteiger partial charge is 0.460 e. The van der Waals surface area contributed by atoms with Crippen molar-refractivity contribution in [2.24, 2.45) is 0 Å². The lowest BCUT2D eigenvalue weighted by Crippen LogP contribution is -2.19. The van der Waals surface area contributed by atoms with Crippen molar-refractivity contribution < 1.29 is 4.12 Å². The lowest BCUT2D eigenvalue weighted by molar-refractivity contribution is 0.592. The first-order chi connectivity index (χ1) is 5.86. The molecular weight excluding hydrogens is 180 g/mol. The van der Waals surface area contributed by atoms with Crippen LogP contribution in [0, 0.1) is 0 Å². The van der Waals surface area contributed by atoms with Crippen LogP contribution in [0.25, 0.3) is 0 Å². The lowest BCUT2D eigenvalue weighted by atomic mass is 10.6. The van der Waals surface area contributed by atoms with Gasteiger partial charge in [-0.15, -0.1) is 0 Å². The fourth-order valence-corrected chi connectivity index (χ4v) is 6.32. The molecule has 0 aromatic carbocycles. The highest BCUT2D eigenvalue weighted by molar-refractivity contribution is 6.59. The molecule has 0 heterocycles. The molecule has 12 heavy (non-hydrogen) atoms. The summed E-state index contributed by atoms with van der Waals surface area (Å²) in [4.78, 5) is 0. The second-order valence-corrected chi connectivity index (χ2v) is 8.51. The molecule has 71 valence electrons. The molecule has 0 unspecified atom stereocenters. The summed E-state index contributed by atoms with van der Waals surface area (Å²) in [5, 5.41) is 0. The number of hydrogen-bond donors (Lipinski definition) is 0. The van der Waals surface area contributed by atoms with Crippen LogP contribution in [0.5, 0.6) is 0 Å². The van der Waals surface area contributed by atoms with Crippen molar-refractivity contribution in [1.29, 1.82) is 0 Å². The summed E-state index contributed by atoms with van der Waals surface area (Å²) in [5.74, 6) is 0. The summed E-state index contributed by atoms with van der Waals surface area (Å²) in [6.07, 6.45) is 5.62. The highest BCUT2D eigenvalue weighted by Gasteiger charge is 2.24. The van der Waals surface area contributed by atoms with Gasteiger partial charge >= 0.3 is 0 Å². The van der Waals surface area contributed by atoms with Gasteiger partial charge in [-0.2, -0.15) is 0 Å². The molecule has 1 aliphatic rings. The maximum Gasteiger partial charge on any atom is 0.197 e. The molecule has 0 aliphatic heterocycles. The van der Waals surface area contributed by atoms with E-state index in [1.54, 1.807) is 0 Å². The molecular formula is C9H21OSi2. The average Bonchev–Trinajstić information content (AvgIpc) is 2.84. The van der Waals surface area contributed by atoms with E-state index in [1.807, 2.05) is 0 Å². The molecule has 0 aromatic heterocycles. The van der Waals surface area contributed by atoms with E-state index in [0.717, 1.165) is 5.54 Å². The summed E-state index contributed by atoms with van der Waals surface area (Å²) in [7, 11) is -0.426. The van der Waals surface area contributed by atoms with Crippen LogP contribution in [-0.4, -0.2) is 18.8 Å². The zero-order valence-electron chi connectivity index (χ0n) is 8.44. The third-order valence-corrected chi connectivity index (χ3v) is 7.98. The van der Waals surface area contributed by atoms with Crippen molar-refractivity contribution in [3.63, 3.8) is 0 Å². The molecule has 0 spiro atoms. The van der Waals surface area contributed by atoms with E-state index in [4.69, 9.17) is 4.12 Å². The van der Waals surface area contributed by atoms with Gasteiger partial charge in [-0.25, -0.2) is 0 Å². The first-order valence-electron chi connectivity index (χ1n) is 5.34. The van der Waals surface area contributed by atoms with Gasteiger partial charge in [0, 0.05) is 0 Å². The van der Waals surface area contributed by atoms with Crippen LogP contribution in [0.3, 0.4) is 0 Å². The molecule has 1 aliphatic carbocycles. The van der Waals surface area contributed by atoms with E-state index in [-0.39, 0.29) is 18.8 Å². The molecule has 0 bridgehead atoms. The topological polar surface area (TPSA) is 9.23 Å². The van der Waals surface area contributed by atoms with Gasteiger partial charge in [-0.3, -0.25) is 0 Å². The van der Waals surface area contributed by atoms with Crippen molar-refractivity contribution in [2.75, 3.05) is 0 Å². The van der Waals surface area contributed by atoms with E-state index in [1.165, 1.54) is 37.8 Å². The summed E-state index contributed by atoms with van der Waals surface area (Å²) < 4.78 is 6.09. The van der Waals surface area contributed by atoms with Crippen LogP contribution in [0.15, 0.2) is 0 Å². The van der Waals surface area contributed by atoms with E-state index >= 15 is 0 Å². The van der Waals surface area contributed by atoms with Gasteiger partial charge < -0.3 is 4.12 Å². The van der Waals surface area contributed by atoms with Crippen molar-refractivity contribution in [1.82, 2.24) is 0 Å². The summed E-state index contributed by atoms with van der Waals surface area (Å²) in [6.45, 7) is 4.56. The van der Waals surface area contributed by atoms with E-state index < -0.39 is 0 Å². The molecule has 1 radical (unpaired) electrons. The minimum atomic E-state index is -0.340. The Kier molecular flexibility index (Phi) is 5.19. The second kappa shape index (κ2) is 5.94. The first kappa shape index (κ1) is 10.5. The third kappa shape index (κ3) is 4.43. The Balaban J connectivity index is 2.03. The third-order valence-electron chi connectivity index (χ3n) is 2.28. The average molecular weight is 201 g/mol. The normalized spacial score (nSPS) is 18.2. The highest BCUT2D eigenvalue weighted by atomic mass is 28.3.